The molecule has 0 radical (unpaired) electrons. The van der Waals surface area contributed by atoms with Gasteiger partial charge in [-0.05, 0) is 46.4 Å². The fraction of sp³-hybridized carbons (Fsp3) is 0.394. The van der Waals surface area contributed by atoms with Gasteiger partial charge in [0.2, 0.25) is 5.91 Å². The molecule has 0 unspecified atom stereocenters. The van der Waals surface area contributed by atoms with E-state index < -0.39 is 12.3 Å². The van der Waals surface area contributed by atoms with Crippen LogP contribution < -0.4 is 5.32 Å². The molecule has 222 valence electrons. The van der Waals surface area contributed by atoms with Crippen molar-refractivity contribution in [2.24, 2.45) is 0 Å². The summed E-state index contributed by atoms with van der Waals surface area (Å²) in [6.07, 6.45) is 0.0413. The minimum Gasteiger partial charge on any atom is -0.481 e. The summed E-state index contributed by atoms with van der Waals surface area (Å²) < 4.78 is 13.0. The van der Waals surface area contributed by atoms with Crippen molar-refractivity contribution in [1.29, 1.82) is 0 Å². The van der Waals surface area contributed by atoms with Crippen molar-refractivity contribution >= 4 is 11.9 Å². The molecule has 4 N–H and O–H groups in total. The normalized spacial score (nSPS) is 22.6. The number of aliphatic hydroxyl groups excluding tert-OH is 2. The van der Waals surface area contributed by atoms with Crippen LogP contribution in [0.5, 0.6) is 0 Å². The SMILES string of the molecule is O=C(O)CCC(=O)NCc1cccc(-c2cccc([C@H]3O[C@@H](CN4CC[C@H](O)C4)C[C@@H](c4ccc(CO)cc4)O3)c2)c1. The largest absolute Gasteiger partial charge is 0.481 e. The zero-order chi connectivity index (χ0) is 29.5. The van der Waals surface area contributed by atoms with E-state index in [4.69, 9.17) is 14.6 Å². The molecule has 2 aliphatic rings. The van der Waals surface area contributed by atoms with E-state index in [1.165, 1.54) is 0 Å². The van der Waals surface area contributed by atoms with Gasteiger partial charge >= 0.3 is 5.97 Å². The van der Waals surface area contributed by atoms with Crippen molar-refractivity contribution in [1.82, 2.24) is 10.2 Å². The highest BCUT2D eigenvalue weighted by atomic mass is 16.7. The molecule has 3 aromatic rings. The van der Waals surface area contributed by atoms with Crippen molar-refractivity contribution in [3.8, 4) is 11.1 Å². The molecule has 9 heteroatoms. The average Bonchev–Trinajstić information content (AvgIpc) is 3.43. The Balaban J connectivity index is 1.32. The first-order valence-corrected chi connectivity index (χ1v) is 14.4. The molecule has 0 bridgehead atoms. The standard InChI is InChI=1S/C33H38N2O7/c36-21-22-7-9-24(10-8-22)30-17-29(20-35-14-13-28(37)19-35)41-33(42-30)27-6-2-5-26(16-27)25-4-1-3-23(15-25)18-34-31(38)11-12-32(39)40/h1-10,15-16,28-30,33,36-37H,11-14,17-21H2,(H,34,38)(H,39,40)/t28-,29+,30-,33-/m0/s1. The van der Waals surface area contributed by atoms with Gasteiger partial charge in [0.1, 0.15) is 0 Å². The number of nitrogens with one attached hydrogen (secondary N) is 1. The third kappa shape index (κ3) is 8.02. The fourth-order valence-corrected chi connectivity index (χ4v) is 5.53. The van der Waals surface area contributed by atoms with Crippen LogP contribution in [0.15, 0.2) is 72.8 Å². The molecular weight excluding hydrogens is 536 g/mol. The molecule has 0 aromatic heterocycles. The van der Waals surface area contributed by atoms with Gasteiger partial charge in [-0.1, -0.05) is 60.7 Å². The van der Waals surface area contributed by atoms with E-state index in [1.54, 1.807) is 0 Å². The molecule has 5 rings (SSSR count). The summed E-state index contributed by atoms with van der Waals surface area (Å²) in [6, 6.07) is 23.7. The smallest absolute Gasteiger partial charge is 0.303 e. The molecule has 2 aliphatic heterocycles. The zero-order valence-corrected chi connectivity index (χ0v) is 23.5. The Labute approximate surface area is 245 Å². The third-order valence-electron chi connectivity index (χ3n) is 7.80. The Bertz CT molecular complexity index is 1360. The lowest BCUT2D eigenvalue weighted by Gasteiger charge is -2.38. The predicted molar refractivity (Wildman–Crippen MR) is 156 cm³/mol. The van der Waals surface area contributed by atoms with Crippen LogP contribution in [0.2, 0.25) is 0 Å². The van der Waals surface area contributed by atoms with Crippen molar-refractivity contribution in [2.45, 2.75) is 63.4 Å². The van der Waals surface area contributed by atoms with E-state index in [2.05, 4.69) is 16.3 Å². The predicted octanol–water partition coefficient (Wildman–Crippen LogP) is 3.94. The molecule has 2 heterocycles. The van der Waals surface area contributed by atoms with Crippen LogP contribution in [0.3, 0.4) is 0 Å². The Morgan fingerprint density at radius 2 is 1.67 bits per heavy atom. The van der Waals surface area contributed by atoms with Crippen LogP contribution in [-0.2, 0) is 32.2 Å². The lowest BCUT2D eigenvalue weighted by molar-refractivity contribution is -0.252. The molecule has 2 fully saturated rings. The van der Waals surface area contributed by atoms with Gasteiger partial charge in [0, 0.05) is 44.6 Å². The minimum absolute atomic E-state index is 0.0114. The number of aliphatic hydroxyl groups is 2. The van der Waals surface area contributed by atoms with Crippen molar-refractivity contribution in [3.63, 3.8) is 0 Å². The maximum absolute atomic E-state index is 12.0. The summed E-state index contributed by atoms with van der Waals surface area (Å²) in [7, 11) is 0. The number of hydrogen-bond donors (Lipinski definition) is 4. The number of carboxylic acid groups (broad SMARTS) is 1. The highest BCUT2D eigenvalue weighted by Gasteiger charge is 2.34. The molecule has 3 aromatic carbocycles. The van der Waals surface area contributed by atoms with E-state index in [9.17, 15) is 19.8 Å². The number of carboxylic acids is 1. The highest BCUT2D eigenvalue weighted by Crippen LogP contribution is 2.39. The number of benzene rings is 3. The van der Waals surface area contributed by atoms with E-state index in [1.807, 2.05) is 66.7 Å². The van der Waals surface area contributed by atoms with Gasteiger partial charge < -0.3 is 30.1 Å². The van der Waals surface area contributed by atoms with Crippen LogP contribution in [0.4, 0.5) is 0 Å². The number of nitrogens with zero attached hydrogens (tertiary/aromatic N) is 1. The van der Waals surface area contributed by atoms with Crippen LogP contribution in [0.25, 0.3) is 11.1 Å². The maximum atomic E-state index is 12.0. The van der Waals surface area contributed by atoms with E-state index in [0.29, 0.717) is 26.1 Å². The highest BCUT2D eigenvalue weighted by molar-refractivity contribution is 5.80. The first-order chi connectivity index (χ1) is 20.4. The fourth-order valence-electron chi connectivity index (χ4n) is 5.53. The Hall–Kier alpha value is -3.60. The summed E-state index contributed by atoms with van der Waals surface area (Å²) in [6.45, 7) is 2.50. The summed E-state index contributed by atoms with van der Waals surface area (Å²) in [5.41, 5.74) is 5.63. The van der Waals surface area contributed by atoms with Crippen LogP contribution in [0.1, 0.15) is 60.3 Å². The van der Waals surface area contributed by atoms with Crippen LogP contribution in [-0.4, -0.2) is 63.9 Å². The monoisotopic (exact) mass is 574 g/mol. The number of carbonyl (C=O) groups is 2. The molecule has 4 atom stereocenters. The minimum atomic E-state index is -0.995. The second-order valence-corrected chi connectivity index (χ2v) is 11.0. The molecule has 0 aliphatic carbocycles. The number of amides is 1. The van der Waals surface area contributed by atoms with Gasteiger partial charge in [0.25, 0.3) is 0 Å². The summed E-state index contributed by atoms with van der Waals surface area (Å²) in [5, 5.41) is 31.1. The Morgan fingerprint density at radius 1 is 0.905 bits per heavy atom. The van der Waals surface area contributed by atoms with Gasteiger partial charge in [0.15, 0.2) is 6.29 Å². The molecule has 2 saturated heterocycles. The number of rotatable bonds is 11. The van der Waals surface area contributed by atoms with Gasteiger partial charge in [0.05, 0.1) is 31.3 Å². The first kappa shape index (κ1) is 29.9. The number of β-amino-alcohol motifs (C(OH)–C–C–N with tert-alkyl or cyclic N) is 1. The number of ether oxygens (including phenoxy) is 2. The second-order valence-electron chi connectivity index (χ2n) is 11.0. The van der Waals surface area contributed by atoms with Gasteiger partial charge in [-0.3, -0.25) is 14.5 Å². The van der Waals surface area contributed by atoms with E-state index >= 15 is 0 Å². The van der Waals surface area contributed by atoms with Crippen LogP contribution in [0, 0.1) is 0 Å². The second kappa shape index (κ2) is 14.0. The lowest BCUT2D eigenvalue weighted by Crippen LogP contribution is -2.38. The first-order valence-electron chi connectivity index (χ1n) is 14.4. The zero-order valence-electron chi connectivity index (χ0n) is 23.5. The number of likely N-dealkylation sites (tertiary alicyclic amines) is 1. The van der Waals surface area contributed by atoms with E-state index in [-0.39, 0.29) is 43.7 Å². The topological polar surface area (TPSA) is 129 Å². The number of aliphatic carboxylic acids is 1. The molecule has 0 saturated carbocycles. The lowest BCUT2D eigenvalue weighted by atomic mass is 9.98. The Kier molecular flexibility index (Phi) is 9.99. The summed E-state index contributed by atoms with van der Waals surface area (Å²) in [5.74, 6) is -1.29. The maximum Gasteiger partial charge on any atom is 0.303 e. The van der Waals surface area contributed by atoms with Crippen molar-refractivity contribution < 1.29 is 34.4 Å². The van der Waals surface area contributed by atoms with Gasteiger partial charge in [-0.15, -0.1) is 0 Å². The van der Waals surface area contributed by atoms with Gasteiger partial charge in [-0.2, -0.15) is 0 Å². The molecule has 0 spiro atoms. The molecule has 9 nitrogen and oxygen atoms in total. The Morgan fingerprint density at radius 3 is 2.38 bits per heavy atom. The van der Waals surface area contributed by atoms with Gasteiger partial charge in [-0.25, -0.2) is 0 Å². The molecular formula is C33H38N2O7. The van der Waals surface area contributed by atoms with Crippen molar-refractivity contribution in [3.05, 3.63) is 95.1 Å². The average molecular weight is 575 g/mol. The number of hydrogen-bond acceptors (Lipinski definition) is 7. The van der Waals surface area contributed by atoms with Crippen molar-refractivity contribution in [2.75, 3.05) is 19.6 Å². The number of carbonyl (C=O) groups excluding carboxylic acids is 1. The molecule has 42 heavy (non-hydrogen) atoms. The van der Waals surface area contributed by atoms with E-state index in [0.717, 1.165) is 46.3 Å². The molecule has 1 amide bonds. The third-order valence-corrected chi connectivity index (χ3v) is 7.80. The summed E-state index contributed by atoms with van der Waals surface area (Å²) in [4.78, 5) is 24.9. The quantitative estimate of drug-likeness (QED) is 0.271. The summed E-state index contributed by atoms with van der Waals surface area (Å²) >= 11 is 0. The van der Waals surface area contributed by atoms with Crippen LogP contribution >= 0.6 is 0 Å².